The highest BCUT2D eigenvalue weighted by atomic mass is 35.5. The molecule has 0 radical (unpaired) electrons. The summed E-state index contributed by atoms with van der Waals surface area (Å²) in [4.78, 5) is 0. The summed E-state index contributed by atoms with van der Waals surface area (Å²) in [6.07, 6.45) is 4.08. The molecule has 4 nitrogen and oxygen atoms in total. The monoisotopic (exact) mass is 261 g/mol. The molecule has 6 heteroatoms. The van der Waals surface area contributed by atoms with E-state index < -0.39 is 0 Å². The van der Waals surface area contributed by atoms with E-state index in [4.69, 9.17) is 23.2 Å². The maximum atomic E-state index is 9.46. The standard InChI is InChI=1S/C10H13Cl2N3O/c11-8-5-7(9(12)15-14-8)13-10(6-16)3-1-2-4-10/h5,16H,1-4,6H2,(H,13,14). The zero-order valence-electron chi connectivity index (χ0n) is 8.71. The topological polar surface area (TPSA) is 58.0 Å². The van der Waals surface area contributed by atoms with Gasteiger partial charge < -0.3 is 10.4 Å². The first-order valence-electron chi connectivity index (χ1n) is 5.23. The van der Waals surface area contributed by atoms with E-state index >= 15 is 0 Å². The number of nitrogens with zero attached hydrogens (tertiary/aromatic N) is 2. The third kappa shape index (κ3) is 2.39. The van der Waals surface area contributed by atoms with E-state index in [0.29, 0.717) is 5.69 Å². The Morgan fingerprint density at radius 1 is 1.31 bits per heavy atom. The third-order valence-corrected chi connectivity index (χ3v) is 3.45. The molecule has 1 aromatic heterocycles. The minimum absolute atomic E-state index is 0.0866. The van der Waals surface area contributed by atoms with Crippen LogP contribution in [0, 0.1) is 0 Å². The van der Waals surface area contributed by atoms with Crippen LogP contribution >= 0.6 is 23.2 Å². The number of aliphatic hydroxyl groups excluding tert-OH is 1. The highest BCUT2D eigenvalue weighted by Crippen LogP contribution is 2.34. The van der Waals surface area contributed by atoms with Crippen molar-refractivity contribution in [2.75, 3.05) is 11.9 Å². The normalized spacial score (nSPS) is 18.7. The maximum absolute atomic E-state index is 9.46. The van der Waals surface area contributed by atoms with Gasteiger partial charge in [0.25, 0.3) is 0 Å². The smallest absolute Gasteiger partial charge is 0.174 e. The third-order valence-electron chi connectivity index (χ3n) is 2.98. The Balaban J connectivity index is 2.21. The van der Waals surface area contributed by atoms with Crippen molar-refractivity contribution in [3.63, 3.8) is 0 Å². The zero-order valence-corrected chi connectivity index (χ0v) is 10.2. The highest BCUT2D eigenvalue weighted by molar-refractivity contribution is 6.33. The molecule has 88 valence electrons. The number of hydrogen-bond acceptors (Lipinski definition) is 4. The minimum atomic E-state index is -0.282. The van der Waals surface area contributed by atoms with Gasteiger partial charge in [0.2, 0.25) is 0 Å². The van der Waals surface area contributed by atoms with Gasteiger partial charge in [-0.25, -0.2) is 0 Å². The fourth-order valence-corrected chi connectivity index (χ4v) is 2.39. The first kappa shape index (κ1) is 11.9. The first-order valence-corrected chi connectivity index (χ1v) is 5.99. The van der Waals surface area contributed by atoms with Crippen molar-refractivity contribution in [1.29, 1.82) is 0 Å². The average molecular weight is 262 g/mol. The lowest BCUT2D eigenvalue weighted by Gasteiger charge is -2.29. The molecule has 1 aliphatic carbocycles. The fourth-order valence-electron chi connectivity index (χ4n) is 2.10. The van der Waals surface area contributed by atoms with Gasteiger partial charge in [-0.3, -0.25) is 0 Å². The van der Waals surface area contributed by atoms with Gasteiger partial charge in [0, 0.05) is 6.07 Å². The number of aliphatic hydroxyl groups is 1. The SMILES string of the molecule is OCC1(Nc2cc(Cl)nnc2Cl)CCCC1. The van der Waals surface area contributed by atoms with Crippen molar-refractivity contribution >= 4 is 28.9 Å². The Hall–Kier alpha value is -0.580. The zero-order chi connectivity index (χ0) is 11.6. The van der Waals surface area contributed by atoms with Crippen molar-refractivity contribution in [3.8, 4) is 0 Å². The summed E-state index contributed by atoms with van der Waals surface area (Å²) >= 11 is 11.7. The molecule has 0 atom stereocenters. The number of rotatable bonds is 3. The predicted molar refractivity (Wildman–Crippen MR) is 64.0 cm³/mol. The molecule has 0 amide bonds. The fraction of sp³-hybridized carbons (Fsp3) is 0.600. The molecule has 0 spiro atoms. The molecular formula is C10H13Cl2N3O. The lowest BCUT2D eigenvalue weighted by molar-refractivity contribution is 0.214. The first-order chi connectivity index (χ1) is 7.65. The molecular weight excluding hydrogens is 249 g/mol. The van der Waals surface area contributed by atoms with Crippen LogP contribution in [0.2, 0.25) is 10.3 Å². The quantitative estimate of drug-likeness (QED) is 0.878. The maximum Gasteiger partial charge on any atom is 0.174 e. The number of nitrogens with one attached hydrogen (secondary N) is 1. The Kier molecular flexibility index (Phi) is 3.52. The molecule has 16 heavy (non-hydrogen) atoms. The summed E-state index contributed by atoms with van der Waals surface area (Å²) in [5.74, 6) is 0. The van der Waals surface area contributed by atoms with E-state index in [-0.39, 0.29) is 22.5 Å². The van der Waals surface area contributed by atoms with E-state index in [0.717, 1.165) is 25.7 Å². The lowest BCUT2D eigenvalue weighted by Crippen LogP contribution is -2.39. The molecule has 0 aromatic carbocycles. The molecule has 1 aromatic rings. The molecule has 2 rings (SSSR count). The van der Waals surface area contributed by atoms with Crippen LogP contribution in [0.3, 0.4) is 0 Å². The van der Waals surface area contributed by atoms with Crippen molar-refractivity contribution in [3.05, 3.63) is 16.4 Å². The average Bonchev–Trinajstić information content (AvgIpc) is 2.73. The van der Waals surface area contributed by atoms with Crippen LogP contribution in [0.15, 0.2) is 6.07 Å². The van der Waals surface area contributed by atoms with Crippen molar-refractivity contribution in [2.45, 2.75) is 31.2 Å². The van der Waals surface area contributed by atoms with E-state index in [1.165, 1.54) is 0 Å². The predicted octanol–water partition coefficient (Wildman–Crippen LogP) is 2.50. The van der Waals surface area contributed by atoms with Crippen molar-refractivity contribution in [1.82, 2.24) is 10.2 Å². The Morgan fingerprint density at radius 2 is 2.00 bits per heavy atom. The van der Waals surface area contributed by atoms with Crippen molar-refractivity contribution in [2.24, 2.45) is 0 Å². The van der Waals surface area contributed by atoms with Crippen LogP contribution in [-0.2, 0) is 0 Å². The summed E-state index contributed by atoms with van der Waals surface area (Å²) in [7, 11) is 0. The van der Waals surface area contributed by atoms with Crippen LogP contribution in [0.25, 0.3) is 0 Å². The van der Waals surface area contributed by atoms with Gasteiger partial charge in [-0.2, -0.15) is 0 Å². The van der Waals surface area contributed by atoms with E-state index in [2.05, 4.69) is 15.5 Å². The van der Waals surface area contributed by atoms with Gasteiger partial charge in [-0.05, 0) is 12.8 Å². The summed E-state index contributed by atoms with van der Waals surface area (Å²) in [5, 5.41) is 20.6. The molecule has 1 saturated carbocycles. The summed E-state index contributed by atoms with van der Waals surface area (Å²) < 4.78 is 0. The van der Waals surface area contributed by atoms with Gasteiger partial charge in [0.1, 0.15) is 0 Å². The summed E-state index contributed by atoms with van der Waals surface area (Å²) in [6.45, 7) is 0.0866. The largest absolute Gasteiger partial charge is 0.394 e. The van der Waals surface area contributed by atoms with Gasteiger partial charge in [0.05, 0.1) is 17.8 Å². The molecule has 2 N–H and O–H groups in total. The number of aromatic nitrogens is 2. The van der Waals surface area contributed by atoms with E-state index in [1.807, 2.05) is 0 Å². The van der Waals surface area contributed by atoms with Crippen LogP contribution in [0.4, 0.5) is 5.69 Å². The number of hydrogen-bond donors (Lipinski definition) is 2. The van der Waals surface area contributed by atoms with Gasteiger partial charge in [-0.1, -0.05) is 36.0 Å². The second-order valence-corrected chi connectivity index (χ2v) is 4.89. The van der Waals surface area contributed by atoms with Crippen LogP contribution in [0.1, 0.15) is 25.7 Å². The number of anilines is 1. The second-order valence-electron chi connectivity index (χ2n) is 4.14. The van der Waals surface area contributed by atoms with Gasteiger partial charge >= 0.3 is 0 Å². The molecule has 1 fully saturated rings. The number of halogens is 2. The second kappa shape index (κ2) is 4.73. The minimum Gasteiger partial charge on any atom is -0.394 e. The van der Waals surface area contributed by atoms with Crippen LogP contribution in [-0.4, -0.2) is 27.4 Å². The van der Waals surface area contributed by atoms with E-state index in [1.54, 1.807) is 6.07 Å². The van der Waals surface area contributed by atoms with Gasteiger partial charge in [0.15, 0.2) is 10.3 Å². The van der Waals surface area contributed by atoms with Crippen LogP contribution < -0.4 is 5.32 Å². The molecule has 0 bridgehead atoms. The molecule has 1 heterocycles. The van der Waals surface area contributed by atoms with Gasteiger partial charge in [-0.15, -0.1) is 10.2 Å². The molecule has 1 aliphatic rings. The van der Waals surface area contributed by atoms with Crippen molar-refractivity contribution < 1.29 is 5.11 Å². The highest BCUT2D eigenvalue weighted by Gasteiger charge is 2.33. The summed E-state index contributed by atoms with van der Waals surface area (Å²) in [5.41, 5.74) is 0.355. The van der Waals surface area contributed by atoms with E-state index in [9.17, 15) is 5.11 Å². The Bertz CT molecular complexity index is 380. The van der Waals surface area contributed by atoms with Crippen LogP contribution in [0.5, 0.6) is 0 Å². The lowest BCUT2D eigenvalue weighted by atomic mass is 9.99. The Labute approximate surface area is 104 Å². The molecule has 0 aliphatic heterocycles. The Morgan fingerprint density at radius 3 is 2.62 bits per heavy atom. The molecule has 0 unspecified atom stereocenters. The molecule has 0 saturated heterocycles. The summed E-state index contributed by atoms with van der Waals surface area (Å²) in [6, 6.07) is 1.63.